The highest BCUT2D eigenvalue weighted by Gasteiger charge is 2.16. The smallest absolute Gasteiger partial charge is 0.345 e. The minimum Gasteiger partial charge on any atom is -0.465 e. The van der Waals surface area contributed by atoms with Crippen molar-refractivity contribution >= 4 is 11.9 Å². The Kier molecular flexibility index (Phi) is 5.56. The number of esters is 2. The zero-order valence-corrected chi connectivity index (χ0v) is 10.2. The van der Waals surface area contributed by atoms with Crippen LogP contribution in [0, 0.1) is 0 Å². The minimum absolute atomic E-state index is 0.00324. The van der Waals surface area contributed by atoms with Crippen molar-refractivity contribution in [3.05, 3.63) is 18.1 Å². The lowest BCUT2D eigenvalue weighted by molar-refractivity contribution is -0.145. The fourth-order valence-electron chi connectivity index (χ4n) is 1.11. The normalized spacial score (nSPS) is 9.67. The maximum absolute atomic E-state index is 11.5. The summed E-state index contributed by atoms with van der Waals surface area (Å²) in [7, 11) is 0. The molecule has 0 aliphatic rings. The SMILES string of the molecule is CCOC(=O)COc1ncncc1C(=O)OCC. The van der Waals surface area contributed by atoms with Crippen LogP contribution in [0.3, 0.4) is 0 Å². The Bertz CT molecular complexity index is 422. The Morgan fingerprint density at radius 2 is 1.94 bits per heavy atom. The topological polar surface area (TPSA) is 87.6 Å². The van der Waals surface area contributed by atoms with Crippen LogP contribution in [0.25, 0.3) is 0 Å². The van der Waals surface area contributed by atoms with Crippen molar-refractivity contribution in [1.82, 2.24) is 9.97 Å². The average Bonchev–Trinajstić information content (AvgIpc) is 2.37. The molecule has 0 atom stereocenters. The largest absolute Gasteiger partial charge is 0.465 e. The fourth-order valence-corrected chi connectivity index (χ4v) is 1.11. The quantitative estimate of drug-likeness (QED) is 0.686. The van der Waals surface area contributed by atoms with Gasteiger partial charge in [0.25, 0.3) is 0 Å². The van der Waals surface area contributed by atoms with E-state index < -0.39 is 11.9 Å². The van der Waals surface area contributed by atoms with Gasteiger partial charge in [0.05, 0.1) is 13.2 Å². The lowest BCUT2D eigenvalue weighted by Crippen LogP contribution is -2.17. The monoisotopic (exact) mass is 254 g/mol. The van der Waals surface area contributed by atoms with Gasteiger partial charge in [0, 0.05) is 6.20 Å². The maximum Gasteiger partial charge on any atom is 0.345 e. The van der Waals surface area contributed by atoms with Crippen molar-refractivity contribution in [2.24, 2.45) is 0 Å². The number of carbonyl (C=O) groups excluding carboxylic acids is 2. The first-order valence-corrected chi connectivity index (χ1v) is 5.44. The number of hydrogen-bond donors (Lipinski definition) is 0. The van der Waals surface area contributed by atoms with Gasteiger partial charge in [-0.25, -0.2) is 19.6 Å². The van der Waals surface area contributed by atoms with Gasteiger partial charge in [0.1, 0.15) is 11.9 Å². The number of ether oxygens (including phenoxy) is 3. The molecule has 0 bridgehead atoms. The van der Waals surface area contributed by atoms with E-state index in [9.17, 15) is 9.59 Å². The van der Waals surface area contributed by atoms with Crippen LogP contribution in [-0.2, 0) is 14.3 Å². The second-order valence-corrected chi connectivity index (χ2v) is 3.06. The van der Waals surface area contributed by atoms with E-state index in [1.54, 1.807) is 13.8 Å². The first-order chi connectivity index (χ1) is 8.69. The lowest BCUT2D eigenvalue weighted by Gasteiger charge is -2.08. The van der Waals surface area contributed by atoms with E-state index in [0.29, 0.717) is 0 Å². The van der Waals surface area contributed by atoms with Crippen LogP contribution in [-0.4, -0.2) is 41.7 Å². The van der Waals surface area contributed by atoms with Gasteiger partial charge in [-0.3, -0.25) is 0 Å². The number of aromatic nitrogens is 2. The first-order valence-electron chi connectivity index (χ1n) is 5.44. The molecule has 7 heteroatoms. The average molecular weight is 254 g/mol. The highest BCUT2D eigenvalue weighted by Crippen LogP contribution is 2.14. The zero-order valence-electron chi connectivity index (χ0n) is 10.2. The summed E-state index contributed by atoms with van der Waals surface area (Å²) in [6, 6.07) is 0. The summed E-state index contributed by atoms with van der Waals surface area (Å²) in [6.45, 7) is 3.53. The molecule has 0 unspecified atom stereocenters. The molecule has 18 heavy (non-hydrogen) atoms. The molecule has 1 aromatic heterocycles. The molecule has 1 heterocycles. The van der Waals surface area contributed by atoms with Crippen LogP contribution < -0.4 is 4.74 Å². The first kappa shape index (κ1) is 13.9. The second-order valence-electron chi connectivity index (χ2n) is 3.06. The molecular formula is C11H14N2O5. The summed E-state index contributed by atoms with van der Waals surface area (Å²) in [5, 5.41) is 0. The third-order valence-electron chi connectivity index (χ3n) is 1.80. The van der Waals surface area contributed by atoms with E-state index >= 15 is 0 Å². The molecule has 0 fully saturated rings. The zero-order chi connectivity index (χ0) is 13.4. The summed E-state index contributed by atoms with van der Waals surface area (Å²) in [6.07, 6.45) is 2.48. The van der Waals surface area contributed by atoms with Gasteiger partial charge in [-0.2, -0.15) is 0 Å². The van der Waals surface area contributed by atoms with Gasteiger partial charge in [-0.15, -0.1) is 0 Å². The second kappa shape index (κ2) is 7.21. The van der Waals surface area contributed by atoms with Crippen molar-refractivity contribution in [3.63, 3.8) is 0 Å². The Balaban J connectivity index is 2.70. The highest BCUT2D eigenvalue weighted by atomic mass is 16.6. The standard InChI is InChI=1S/C11H14N2O5/c1-3-16-9(14)6-18-10-8(5-12-7-13-10)11(15)17-4-2/h5,7H,3-4,6H2,1-2H3. The van der Waals surface area contributed by atoms with Crippen molar-refractivity contribution < 1.29 is 23.8 Å². The molecule has 0 aromatic carbocycles. The predicted molar refractivity (Wildman–Crippen MR) is 60.1 cm³/mol. The number of rotatable bonds is 6. The molecule has 0 amide bonds. The Morgan fingerprint density at radius 1 is 1.22 bits per heavy atom. The van der Waals surface area contributed by atoms with E-state index in [0.717, 1.165) is 0 Å². The van der Waals surface area contributed by atoms with Crippen LogP contribution in [0.2, 0.25) is 0 Å². The molecular weight excluding hydrogens is 240 g/mol. The molecule has 7 nitrogen and oxygen atoms in total. The third kappa shape index (κ3) is 4.00. The number of carbonyl (C=O) groups is 2. The molecule has 1 aromatic rings. The molecule has 0 aliphatic heterocycles. The van der Waals surface area contributed by atoms with E-state index in [-0.39, 0.29) is 31.3 Å². The summed E-state index contributed by atoms with van der Waals surface area (Å²) in [4.78, 5) is 30.1. The highest BCUT2D eigenvalue weighted by molar-refractivity contribution is 5.91. The molecule has 98 valence electrons. The third-order valence-corrected chi connectivity index (χ3v) is 1.80. The van der Waals surface area contributed by atoms with Crippen molar-refractivity contribution in [3.8, 4) is 5.88 Å². The van der Waals surface area contributed by atoms with Gasteiger partial charge in [-0.05, 0) is 13.8 Å². The molecule has 0 aliphatic carbocycles. The predicted octanol–water partition coefficient (Wildman–Crippen LogP) is 0.595. The van der Waals surface area contributed by atoms with Crippen LogP contribution in [0.15, 0.2) is 12.5 Å². The Hall–Kier alpha value is -2.18. The Morgan fingerprint density at radius 3 is 2.61 bits per heavy atom. The summed E-state index contributed by atoms with van der Waals surface area (Å²) in [5.74, 6) is -1.14. The van der Waals surface area contributed by atoms with Gasteiger partial charge in [0.15, 0.2) is 6.61 Å². The summed E-state index contributed by atoms with van der Waals surface area (Å²) < 4.78 is 14.6. The maximum atomic E-state index is 11.5. The van der Waals surface area contributed by atoms with Crippen LogP contribution in [0.4, 0.5) is 0 Å². The Labute approximate surface area is 104 Å². The lowest BCUT2D eigenvalue weighted by atomic mass is 10.3. The molecule has 0 spiro atoms. The van der Waals surface area contributed by atoms with Crippen molar-refractivity contribution in [2.45, 2.75) is 13.8 Å². The van der Waals surface area contributed by atoms with E-state index in [1.165, 1.54) is 12.5 Å². The van der Waals surface area contributed by atoms with Crippen molar-refractivity contribution in [2.75, 3.05) is 19.8 Å². The van der Waals surface area contributed by atoms with Gasteiger partial charge < -0.3 is 14.2 Å². The minimum atomic E-state index is -0.600. The summed E-state index contributed by atoms with van der Waals surface area (Å²) in [5.41, 5.74) is 0.0728. The summed E-state index contributed by atoms with van der Waals surface area (Å²) >= 11 is 0. The van der Waals surface area contributed by atoms with Crippen LogP contribution in [0.1, 0.15) is 24.2 Å². The van der Waals surface area contributed by atoms with Gasteiger partial charge in [0.2, 0.25) is 5.88 Å². The molecule has 0 saturated heterocycles. The van der Waals surface area contributed by atoms with Gasteiger partial charge >= 0.3 is 11.9 Å². The molecule has 0 radical (unpaired) electrons. The van der Waals surface area contributed by atoms with Crippen molar-refractivity contribution in [1.29, 1.82) is 0 Å². The fraction of sp³-hybridized carbons (Fsp3) is 0.455. The molecule has 0 N–H and O–H groups in total. The number of nitrogens with zero attached hydrogens (tertiary/aromatic N) is 2. The van der Waals surface area contributed by atoms with E-state index in [1.807, 2.05) is 0 Å². The van der Waals surface area contributed by atoms with E-state index in [4.69, 9.17) is 9.47 Å². The van der Waals surface area contributed by atoms with Crippen LogP contribution in [0.5, 0.6) is 5.88 Å². The van der Waals surface area contributed by atoms with Gasteiger partial charge in [-0.1, -0.05) is 0 Å². The number of hydrogen-bond acceptors (Lipinski definition) is 7. The van der Waals surface area contributed by atoms with E-state index in [2.05, 4.69) is 14.7 Å². The molecule has 0 saturated carbocycles. The van der Waals surface area contributed by atoms with Crippen LogP contribution >= 0.6 is 0 Å². The molecule has 1 rings (SSSR count).